The molecule has 3 aliphatic heterocycles. The number of hydrogen-bond donors (Lipinski definition) is 4. The molecule has 5 aromatic rings. The van der Waals surface area contributed by atoms with E-state index in [-0.39, 0.29) is 43.8 Å². The summed E-state index contributed by atoms with van der Waals surface area (Å²) in [4.78, 5) is 78.0. The van der Waals surface area contributed by atoms with Crippen molar-refractivity contribution in [3.05, 3.63) is 101 Å². The van der Waals surface area contributed by atoms with E-state index in [1.165, 1.54) is 27.4 Å². The van der Waals surface area contributed by atoms with Gasteiger partial charge in [0, 0.05) is 67.9 Å². The SMILES string of the molecule is CCc1ccncc1-c1c2c3cc(ccc3n1CC)-c1cc(O)cc(c1)C[C@H](NC(=O)[C@H](C(C)C)N(C)C(=O)CN(C)C(=O)[C@@H]1N[C@@H]1c1ccc(OC)cc1)C(=O)N1CCC[C@H](N1)C(=O)OCC(C)(C)C2. The summed E-state index contributed by atoms with van der Waals surface area (Å²) in [5.74, 6) is -1.97. The van der Waals surface area contributed by atoms with E-state index in [2.05, 4.69) is 71.5 Å². The Kier molecular flexibility index (Phi) is 14.9. The second-order valence-electron chi connectivity index (χ2n) is 20.4. The molecule has 16 heteroatoms. The van der Waals surface area contributed by atoms with E-state index >= 15 is 0 Å². The fraction of sp³-hybridized carbons (Fsp3) is 0.455. The molecule has 2 aromatic heterocycles. The summed E-state index contributed by atoms with van der Waals surface area (Å²) in [5, 5.41) is 19.9. The molecule has 0 aliphatic carbocycles. The van der Waals surface area contributed by atoms with Crippen LogP contribution in [0.15, 0.2) is 79.1 Å². The lowest BCUT2D eigenvalue weighted by Crippen LogP contribution is -2.62. The first-order valence-electron chi connectivity index (χ1n) is 24.8. The molecule has 2 saturated heterocycles. The van der Waals surface area contributed by atoms with Crippen molar-refractivity contribution in [2.45, 2.75) is 110 Å². The van der Waals surface area contributed by atoms with Crippen LogP contribution in [0.25, 0.3) is 33.3 Å². The first kappa shape index (κ1) is 50.6. The Bertz CT molecular complexity index is 2820. The van der Waals surface area contributed by atoms with Crippen molar-refractivity contribution in [3.63, 3.8) is 0 Å². The fourth-order valence-corrected chi connectivity index (χ4v) is 10.4. The summed E-state index contributed by atoms with van der Waals surface area (Å²) >= 11 is 0. The Morgan fingerprint density at radius 1 is 1.01 bits per heavy atom. The standard InChI is InChI=1S/C55H68N8O8/c1-10-34-20-21-56-29-42(34)50-41-28-55(5,6)31-71-54(69)43-13-12-22-63(59-43)52(67)44(25-33-23-37(26-38(64)24-33)36-16-19-45(40(41)27-36)62(50)11-2)57-51(66)49(32(3)4)61(8)46(65)30-60(7)53(68)48-47(58-48)35-14-17-39(70-9)18-15-35/h14-21,23-24,26-27,29,32,43-44,47-49,58-59,64H,10-13,22,25,28,30-31H2,1-9H3,(H,57,66)/t43-,44-,47+,48+,49-/m0/s1. The number of cyclic esters (lactones) is 1. The predicted molar refractivity (Wildman–Crippen MR) is 271 cm³/mol. The van der Waals surface area contributed by atoms with E-state index in [1.54, 1.807) is 26.3 Å². The first-order chi connectivity index (χ1) is 33.9. The van der Waals surface area contributed by atoms with Crippen LogP contribution in [0.4, 0.5) is 0 Å². The van der Waals surface area contributed by atoms with Crippen LogP contribution in [0.5, 0.6) is 11.5 Å². The second-order valence-corrected chi connectivity index (χ2v) is 20.4. The van der Waals surface area contributed by atoms with Gasteiger partial charge in [0.05, 0.1) is 32.0 Å². The number of phenolic OH excluding ortho intramolecular Hbond substituents is 1. The number of aromatic hydroxyl groups is 1. The zero-order valence-electron chi connectivity index (χ0n) is 42.4. The zero-order valence-corrected chi connectivity index (χ0v) is 42.4. The molecule has 71 heavy (non-hydrogen) atoms. The van der Waals surface area contributed by atoms with E-state index in [1.807, 2.05) is 62.6 Å². The van der Waals surface area contributed by atoms with Crippen LogP contribution < -0.4 is 20.8 Å². The van der Waals surface area contributed by atoms with Crippen molar-refractivity contribution in [2.75, 3.05) is 40.9 Å². The smallest absolute Gasteiger partial charge is 0.324 e. The molecule has 4 amide bonds. The van der Waals surface area contributed by atoms with Crippen molar-refractivity contribution in [2.24, 2.45) is 11.3 Å². The molecule has 376 valence electrons. The Balaban J connectivity index is 1.11. The number of pyridine rings is 1. The molecule has 3 aliphatic rings. The molecule has 0 saturated carbocycles. The van der Waals surface area contributed by atoms with Gasteiger partial charge in [-0.05, 0) is 114 Å². The Morgan fingerprint density at radius 2 is 1.77 bits per heavy atom. The van der Waals surface area contributed by atoms with Crippen molar-refractivity contribution in [3.8, 4) is 33.9 Å². The maximum absolute atomic E-state index is 14.8. The van der Waals surface area contributed by atoms with Crippen molar-refractivity contribution >= 4 is 40.5 Å². The summed E-state index contributed by atoms with van der Waals surface area (Å²) < 4.78 is 13.7. The summed E-state index contributed by atoms with van der Waals surface area (Å²) in [6.07, 6.45) is 6.05. The van der Waals surface area contributed by atoms with E-state index in [0.717, 1.165) is 50.8 Å². The Morgan fingerprint density at radius 3 is 2.48 bits per heavy atom. The normalized spacial score (nSPS) is 20.5. The first-order valence-corrected chi connectivity index (χ1v) is 24.8. The van der Waals surface area contributed by atoms with E-state index in [4.69, 9.17) is 9.47 Å². The number of nitrogens with zero attached hydrogens (tertiary/aromatic N) is 5. The van der Waals surface area contributed by atoms with Crippen LogP contribution in [-0.4, -0.2) is 124 Å². The lowest BCUT2D eigenvalue weighted by molar-refractivity contribution is -0.155. The van der Waals surface area contributed by atoms with Crippen LogP contribution >= 0.6 is 0 Å². The number of methoxy groups -OCH3 is 1. The quantitative estimate of drug-likeness (QED) is 0.0850. The number of likely N-dealkylation sites (N-methyl/N-ethyl adjacent to an activating group) is 2. The minimum absolute atomic E-state index is 0.0136. The van der Waals surface area contributed by atoms with E-state index in [0.29, 0.717) is 37.1 Å². The second kappa shape index (κ2) is 20.9. The van der Waals surface area contributed by atoms with Crippen molar-refractivity contribution < 1.29 is 38.6 Å². The molecular weight excluding hydrogens is 901 g/mol. The number of phenols is 1. The maximum Gasteiger partial charge on any atom is 0.324 e. The molecule has 3 aromatic carbocycles. The third-order valence-electron chi connectivity index (χ3n) is 14.2. The molecule has 0 radical (unpaired) electrons. The number of amides is 4. The molecule has 6 bridgehead atoms. The van der Waals surface area contributed by atoms with Gasteiger partial charge in [-0.15, -0.1) is 0 Å². The Hall–Kier alpha value is -6.78. The minimum atomic E-state index is -1.19. The van der Waals surface area contributed by atoms with Gasteiger partial charge < -0.3 is 34.3 Å². The lowest BCUT2D eigenvalue weighted by atomic mass is 9.84. The number of carbonyl (C=O) groups is 5. The summed E-state index contributed by atoms with van der Waals surface area (Å²) in [6, 6.07) is 17.2. The number of nitrogens with one attached hydrogen (secondary N) is 3. The number of rotatable bonds is 12. The highest BCUT2D eigenvalue weighted by atomic mass is 16.5. The molecular formula is C55H68N8O8. The number of benzene rings is 3. The van der Waals surface area contributed by atoms with Gasteiger partial charge in [-0.3, -0.25) is 39.3 Å². The van der Waals surface area contributed by atoms with Gasteiger partial charge in [0.15, 0.2) is 0 Å². The largest absolute Gasteiger partial charge is 0.508 e. The number of hydrazine groups is 1. The average Bonchev–Trinajstić information content (AvgIpc) is 4.10. The maximum atomic E-state index is 14.8. The predicted octanol–water partition coefficient (Wildman–Crippen LogP) is 5.97. The molecule has 0 spiro atoms. The molecule has 2 fully saturated rings. The number of fused-ring (bicyclic) bond motifs is 6. The number of carbonyl (C=O) groups excluding carboxylic acids is 5. The molecule has 5 atom stereocenters. The third kappa shape index (κ3) is 10.8. The van der Waals surface area contributed by atoms with Gasteiger partial charge in [-0.25, -0.2) is 5.43 Å². The molecule has 8 rings (SSSR count). The summed E-state index contributed by atoms with van der Waals surface area (Å²) in [6.45, 7) is 12.9. The number of esters is 1. The zero-order chi connectivity index (χ0) is 50.9. The molecule has 5 heterocycles. The van der Waals surface area contributed by atoms with Gasteiger partial charge in [-0.2, -0.15) is 0 Å². The number of aryl methyl sites for hydroxylation is 2. The van der Waals surface area contributed by atoms with E-state index in [9.17, 15) is 29.1 Å². The highest BCUT2D eigenvalue weighted by Gasteiger charge is 2.45. The average molecular weight is 969 g/mol. The topological polar surface area (TPSA) is 198 Å². The van der Waals surface area contributed by atoms with E-state index < -0.39 is 59.2 Å². The van der Waals surface area contributed by atoms with Crippen LogP contribution in [0.2, 0.25) is 0 Å². The van der Waals surface area contributed by atoms with Gasteiger partial charge in [0.2, 0.25) is 17.7 Å². The molecule has 4 N–H and O–H groups in total. The molecule has 0 unspecified atom stereocenters. The van der Waals surface area contributed by atoms with Gasteiger partial charge in [0.25, 0.3) is 5.91 Å². The molecule has 16 nitrogen and oxygen atoms in total. The van der Waals surface area contributed by atoms with Crippen LogP contribution in [0, 0.1) is 11.3 Å². The highest BCUT2D eigenvalue weighted by molar-refractivity contribution is 5.96. The monoisotopic (exact) mass is 969 g/mol. The number of aromatic nitrogens is 2. The minimum Gasteiger partial charge on any atom is -0.508 e. The third-order valence-corrected chi connectivity index (χ3v) is 14.2. The highest BCUT2D eigenvalue weighted by Crippen LogP contribution is 2.41. The number of hydrogen-bond acceptors (Lipinski definition) is 11. The van der Waals surface area contributed by atoms with Crippen LogP contribution in [-0.2, 0) is 54.5 Å². The summed E-state index contributed by atoms with van der Waals surface area (Å²) in [5.41, 5.74) is 11.1. The van der Waals surface area contributed by atoms with Gasteiger partial charge in [0.1, 0.15) is 35.7 Å². The number of ether oxygens (including phenoxy) is 2. The van der Waals surface area contributed by atoms with Gasteiger partial charge in [-0.1, -0.05) is 58.9 Å². The Labute approximate surface area is 416 Å². The lowest BCUT2D eigenvalue weighted by Gasteiger charge is -2.37. The van der Waals surface area contributed by atoms with Crippen molar-refractivity contribution in [1.29, 1.82) is 0 Å². The van der Waals surface area contributed by atoms with Gasteiger partial charge >= 0.3 is 5.97 Å². The fourth-order valence-electron chi connectivity index (χ4n) is 10.4. The van der Waals surface area contributed by atoms with Crippen LogP contribution in [0.3, 0.4) is 0 Å². The van der Waals surface area contributed by atoms with Crippen LogP contribution in [0.1, 0.15) is 82.7 Å². The summed E-state index contributed by atoms with van der Waals surface area (Å²) in [7, 11) is 4.67. The van der Waals surface area contributed by atoms with Crippen molar-refractivity contribution in [1.82, 2.24) is 40.4 Å².